The predicted molar refractivity (Wildman–Crippen MR) is 129 cm³/mol. The van der Waals surface area contributed by atoms with Gasteiger partial charge in [0.1, 0.15) is 11.4 Å². The first-order valence-corrected chi connectivity index (χ1v) is 10.9. The van der Waals surface area contributed by atoms with Crippen LogP contribution in [0.5, 0.6) is 5.75 Å². The summed E-state index contributed by atoms with van der Waals surface area (Å²) in [5, 5.41) is 18.2. The molecule has 0 amide bonds. The van der Waals surface area contributed by atoms with Crippen LogP contribution in [0.15, 0.2) is 72.9 Å². The summed E-state index contributed by atoms with van der Waals surface area (Å²) in [6.45, 7) is 4.65. The van der Waals surface area contributed by atoms with Gasteiger partial charge in [-0.2, -0.15) is 5.10 Å². The maximum Gasteiger partial charge on any atom is 0.271 e. The molecule has 164 valence electrons. The molecule has 0 saturated carbocycles. The van der Waals surface area contributed by atoms with E-state index < -0.39 is 4.92 Å². The van der Waals surface area contributed by atoms with Gasteiger partial charge in [-0.1, -0.05) is 19.1 Å². The van der Waals surface area contributed by atoms with E-state index in [2.05, 4.69) is 24.0 Å². The van der Waals surface area contributed by atoms with Crippen molar-refractivity contribution in [3.05, 3.63) is 88.6 Å². The third kappa shape index (κ3) is 3.67. The fourth-order valence-electron chi connectivity index (χ4n) is 4.07. The molecule has 0 unspecified atom stereocenters. The SMILES string of the molecule is CCOc1ccc(-c2nn(-c3cccc([N+](=O)[O-])c3)c3c2cnc2ccc(CC)cc23)cc1. The van der Waals surface area contributed by atoms with Crippen molar-refractivity contribution in [2.24, 2.45) is 0 Å². The van der Waals surface area contributed by atoms with E-state index in [0.29, 0.717) is 12.3 Å². The molecule has 7 nitrogen and oxygen atoms in total. The van der Waals surface area contributed by atoms with E-state index in [1.165, 1.54) is 11.6 Å². The Bertz CT molecular complexity index is 1490. The molecule has 0 aliphatic carbocycles. The number of fused-ring (bicyclic) bond motifs is 3. The van der Waals surface area contributed by atoms with E-state index in [-0.39, 0.29) is 5.69 Å². The summed E-state index contributed by atoms with van der Waals surface area (Å²) in [6, 6.07) is 20.5. The van der Waals surface area contributed by atoms with Crippen molar-refractivity contribution in [3.8, 4) is 22.7 Å². The highest BCUT2D eigenvalue weighted by atomic mass is 16.6. The van der Waals surface area contributed by atoms with Crippen molar-refractivity contribution in [2.45, 2.75) is 20.3 Å². The third-order valence-electron chi connectivity index (χ3n) is 5.70. The summed E-state index contributed by atoms with van der Waals surface area (Å²) in [4.78, 5) is 15.7. The van der Waals surface area contributed by atoms with Crippen LogP contribution in [-0.4, -0.2) is 26.3 Å². The van der Waals surface area contributed by atoms with Crippen LogP contribution >= 0.6 is 0 Å². The maximum atomic E-state index is 11.4. The van der Waals surface area contributed by atoms with Crippen LogP contribution in [0, 0.1) is 10.1 Å². The molecule has 0 aliphatic rings. The van der Waals surface area contributed by atoms with Crippen LogP contribution in [0.4, 0.5) is 5.69 Å². The number of hydrogen-bond donors (Lipinski definition) is 0. The monoisotopic (exact) mass is 438 g/mol. The third-order valence-corrected chi connectivity index (χ3v) is 5.70. The Balaban J connectivity index is 1.81. The Kier molecular flexibility index (Phi) is 5.22. The minimum Gasteiger partial charge on any atom is -0.494 e. The average Bonchev–Trinajstić information content (AvgIpc) is 3.25. The Labute approximate surface area is 190 Å². The molecule has 5 rings (SSSR count). The number of rotatable bonds is 6. The van der Waals surface area contributed by atoms with E-state index in [1.807, 2.05) is 49.5 Å². The number of aromatic nitrogens is 3. The van der Waals surface area contributed by atoms with Gasteiger partial charge in [0.15, 0.2) is 0 Å². The van der Waals surface area contributed by atoms with Crippen LogP contribution in [-0.2, 0) is 6.42 Å². The van der Waals surface area contributed by atoms with E-state index in [0.717, 1.165) is 45.2 Å². The normalized spacial score (nSPS) is 11.2. The van der Waals surface area contributed by atoms with Crippen LogP contribution in [0.25, 0.3) is 38.8 Å². The summed E-state index contributed by atoms with van der Waals surface area (Å²) in [7, 11) is 0. The van der Waals surface area contributed by atoms with Gasteiger partial charge in [0.25, 0.3) is 5.69 Å². The molecular formula is C26H22N4O3. The molecule has 0 N–H and O–H groups in total. The number of nitro groups is 1. The lowest BCUT2D eigenvalue weighted by Gasteiger charge is -2.07. The summed E-state index contributed by atoms with van der Waals surface area (Å²) >= 11 is 0. The second-order valence-corrected chi connectivity index (χ2v) is 7.72. The Morgan fingerprint density at radius 2 is 1.82 bits per heavy atom. The number of hydrogen-bond acceptors (Lipinski definition) is 5. The molecule has 3 aromatic carbocycles. The number of aryl methyl sites for hydroxylation is 1. The quantitative estimate of drug-likeness (QED) is 0.236. The van der Waals surface area contributed by atoms with Crippen molar-refractivity contribution in [2.75, 3.05) is 6.61 Å². The standard InChI is InChI=1S/C26H22N4O3/c1-3-17-8-13-24-22(14-17)26-23(16-27-24)25(18-9-11-21(12-10-18)33-4-2)28-29(26)19-6-5-7-20(15-19)30(31)32/h5-16H,3-4H2,1-2H3. The zero-order valence-electron chi connectivity index (χ0n) is 18.4. The smallest absolute Gasteiger partial charge is 0.271 e. The molecule has 0 fully saturated rings. The Morgan fingerprint density at radius 1 is 1.00 bits per heavy atom. The van der Waals surface area contributed by atoms with Crippen LogP contribution in [0.1, 0.15) is 19.4 Å². The number of ether oxygens (including phenoxy) is 1. The Morgan fingerprint density at radius 3 is 2.55 bits per heavy atom. The molecule has 33 heavy (non-hydrogen) atoms. The fourth-order valence-corrected chi connectivity index (χ4v) is 4.07. The maximum absolute atomic E-state index is 11.4. The summed E-state index contributed by atoms with van der Waals surface area (Å²) < 4.78 is 7.36. The van der Waals surface area contributed by atoms with Gasteiger partial charge in [0, 0.05) is 34.7 Å². The lowest BCUT2D eigenvalue weighted by molar-refractivity contribution is -0.384. The molecule has 2 aromatic heterocycles. The van der Waals surface area contributed by atoms with Gasteiger partial charge in [-0.3, -0.25) is 15.1 Å². The summed E-state index contributed by atoms with van der Waals surface area (Å²) in [5.74, 6) is 0.792. The second-order valence-electron chi connectivity index (χ2n) is 7.72. The highest BCUT2D eigenvalue weighted by Crippen LogP contribution is 2.35. The average molecular weight is 438 g/mol. The van der Waals surface area contributed by atoms with Gasteiger partial charge >= 0.3 is 0 Å². The second kappa shape index (κ2) is 8.35. The molecule has 0 aliphatic heterocycles. The number of nitrogens with zero attached hydrogens (tertiary/aromatic N) is 4. The van der Waals surface area contributed by atoms with Gasteiger partial charge in [0.05, 0.1) is 28.3 Å². The number of nitro benzene ring substituents is 1. The van der Waals surface area contributed by atoms with E-state index in [9.17, 15) is 10.1 Å². The predicted octanol–water partition coefficient (Wildman–Crippen LogP) is 6.11. The highest BCUT2D eigenvalue weighted by molar-refractivity contribution is 6.09. The van der Waals surface area contributed by atoms with Gasteiger partial charge in [-0.05, 0) is 61.4 Å². The fraction of sp³-hybridized carbons (Fsp3) is 0.154. The van der Waals surface area contributed by atoms with Gasteiger partial charge in [-0.25, -0.2) is 4.68 Å². The lowest BCUT2D eigenvalue weighted by Crippen LogP contribution is -1.99. The van der Waals surface area contributed by atoms with Crippen molar-refractivity contribution in [1.29, 1.82) is 0 Å². The molecule has 2 heterocycles. The van der Waals surface area contributed by atoms with Crippen molar-refractivity contribution in [3.63, 3.8) is 0 Å². The molecular weight excluding hydrogens is 416 g/mol. The Hall–Kier alpha value is -4.26. The van der Waals surface area contributed by atoms with Gasteiger partial charge in [0.2, 0.25) is 0 Å². The number of benzene rings is 3. The zero-order valence-corrected chi connectivity index (χ0v) is 18.4. The van der Waals surface area contributed by atoms with E-state index in [1.54, 1.807) is 16.8 Å². The summed E-state index contributed by atoms with van der Waals surface area (Å²) in [5.41, 5.74) is 5.24. The van der Waals surface area contributed by atoms with E-state index in [4.69, 9.17) is 9.84 Å². The molecule has 0 saturated heterocycles. The highest BCUT2D eigenvalue weighted by Gasteiger charge is 2.19. The van der Waals surface area contributed by atoms with Crippen molar-refractivity contribution < 1.29 is 9.66 Å². The molecule has 0 atom stereocenters. The molecule has 0 bridgehead atoms. The number of non-ortho nitro benzene ring substituents is 1. The molecule has 0 spiro atoms. The first kappa shape index (κ1) is 20.6. The van der Waals surface area contributed by atoms with Crippen LogP contribution < -0.4 is 4.74 Å². The van der Waals surface area contributed by atoms with Gasteiger partial charge in [-0.15, -0.1) is 0 Å². The first-order chi connectivity index (χ1) is 16.1. The number of pyridine rings is 1. The largest absolute Gasteiger partial charge is 0.494 e. The lowest BCUT2D eigenvalue weighted by atomic mass is 10.0. The first-order valence-electron chi connectivity index (χ1n) is 10.9. The van der Waals surface area contributed by atoms with Gasteiger partial charge < -0.3 is 4.74 Å². The summed E-state index contributed by atoms with van der Waals surface area (Å²) in [6.07, 6.45) is 2.72. The van der Waals surface area contributed by atoms with Crippen LogP contribution in [0.3, 0.4) is 0 Å². The molecule has 0 radical (unpaired) electrons. The van der Waals surface area contributed by atoms with Crippen molar-refractivity contribution in [1.82, 2.24) is 14.8 Å². The van der Waals surface area contributed by atoms with Crippen molar-refractivity contribution >= 4 is 27.5 Å². The zero-order chi connectivity index (χ0) is 22.9. The minimum atomic E-state index is -0.391. The molecule has 7 heteroatoms. The topological polar surface area (TPSA) is 83.1 Å². The van der Waals surface area contributed by atoms with Crippen LogP contribution in [0.2, 0.25) is 0 Å². The minimum absolute atomic E-state index is 0.0198. The molecule has 5 aromatic rings. The van der Waals surface area contributed by atoms with E-state index >= 15 is 0 Å².